The summed E-state index contributed by atoms with van der Waals surface area (Å²) >= 11 is 0. The van der Waals surface area contributed by atoms with Gasteiger partial charge in [-0.3, -0.25) is 52.7 Å². The van der Waals surface area contributed by atoms with Gasteiger partial charge in [0.05, 0.1) is 18.8 Å². The van der Waals surface area contributed by atoms with Crippen molar-refractivity contribution < 1.29 is 138 Å². The highest BCUT2D eigenvalue weighted by Gasteiger charge is 2.76. The average Bonchev–Trinajstić information content (AvgIpc) is 1.65. The van der Waals surface area contributed by atoms with E-state index in [4.69, 9.17) is 80.5 Å². The van der Waals surface area contributed by atoms with Gasteiger partial charge >= 0.3 is 65.7 Å². The lowest BCUT2D eigenvalue weighted by atomic mass is 9.33. The fraction of sp³-hybridized carbons (Fsp3) is 0.809. The van der Waals surface area contributed by atoms with Crippen LogP contribution in [0.5, 0.6) is 0 Å². The summed E-state index contributed by atoms with van der Waals surface area (Å²) in [5, 5.41) is 11.3. The third-order valence-electron chi connectivity index (χ3n) is 22.5. The largest absolute Gasteiger partial charge is 0.463 e. The lowest BCUT2D eigenvalue weighted by Crippen LogP contribution is -2.69. The van der Waals surface area contributed by atoms with Crippen LogP contribution in [0.25, 0.3) is 0 Å². The number of esters is 11. The van der Waals surface area contributed by atoms with Crippen LogP contribution in [-0.4, -0.2) is 201 Å². The number of carbonyl (C=O) groups excluding carboxylic acids is 11. The Hall–Kier alpha value is -6.37. The van der Waals surface area contributed by atoms with Gasteiger partial charge in [0.25, 0.3) is 0 Å². The number of aliphatic hydroxyl groups excluding tert-OH is 1. The van der Waals surface area contributed by atoms with E-state index in [1.54, 1.807) is 0 Å². The van der Waals surface area contributed by atoms with E-state index < -0.39 is 234 Å². The first-order valence-electron chi connectivity index (χ1n) is 33.3. The Bertz CT molecular complexity index is 3100. The van der Waals surface area contributed by atoms with Crippen LogP contribution in [0.2, 0.25) is 0 Å². The van der Waals surface area contributed by atoms with Gasteiger partial charge < -0.3 is 85.6 Å². The van der Waals surface area contributed by atoms with E-state index in [9.17, 15) is 53.1 Å². The van der Waals surface area contributed by atoms with Gasteiger partial charge in [0, 0.05) is 81.1 Å². The van der Waals surface area contributed by atoms with E-state index >= 15 is 4.79 Å². The molecule has 25 atom stereocenters. The molecule has 4 saturated heterocycles. The van der Waals surface area contributed by atoms with Gasteiger partial charge in [-0.05, 0) is 84.4 Å². The van der Waals surface area contributed by atoms with Crippen LogP contribution >= 0.6 is 0 Å². The highest BCUT2D eigenvalue weighted by molar-refractivity contribution is 5.82. The first kappa shape index (κ1) is 74.8. The third-order valence-corrected chi connectivity index (χ3v) is 22.5. The van der Waals surface area contributed by atoms with Crippen molar-refractivity contribution in [3.8, 4) is 0 Å². The Balaban J connectivity index is 1.04. The number of rotatable bonds is 19. The molecule has 8 fully saturated rings. The molecule has 4 heterocycles. The second-order valence-corrected chi connectivity index (χ2v) is 29.6. The van der Waals surface area contributed by atoms with Gasteiger partial charge in [-0.2, -0.15) is 0 Å². The summed E-state index contributed by atoms with van der Waals surface area (Å²) in [7, 11) is 0. The van der Waals surface area contributed by atoms with E-state index in [0.29, 0.717) is 44.9 Å². The lowest BCUT2D eigenvalue weighted by molar-refractivity contribution is -0.369. The zero-order valence-electron chi connectivity index (χ0n) is 58.4. The summed E-state index contributed by atoms with van der Waals surface area (Å²) in [5.74, 6) is -9.30. The second kappa shape index (κ2) is 28.3. The molecular weight excluding hydrogens is 1280 g/mol. The highest BCUT2D eigenvalue weighted by atomic mass is 16.8. The lowest BCUT2D eigenvalue weighted by Gasteiger charge is -2.71. The number of carbonyl (C=O) groups is 11. The summed E-state index contributed by atoms with van der Waals surface area (Å²) in [4.78, 5) is 143. The molecule has 0 aromatic heterocycles. The molecule has 4 aliphatic heterocycles. The van der Waals surface area contributed by atoms with Crippen molar-refractivity contribution in [1.82, 2.24) is 0 Å². The molecule has 1 spiro atoms. The van der Waals surface area contributed by atoms with Crippen LogP contribution in [-0.2, 0) is 133 Å². The molecule has 1 N–H and O–H groups in total. The summed E-state index contributed by atoms with van der Waals surface area (Å²) in [5.41, 5.74) is -2.98. The van der Waals surface area contributed by atoms with Gasteiger partial charge in [0.2, 0.25) is 0 Å². The monoisotopic (exact) mass is 1380 g/mol. The average molecular weight is 1380 g/mol. The first-order valence-corrected chi connectivity index (χ1v) is 33.3. The predicted octanol–water partition coefficient (Wildman–Crippen LogP) is 4.84. The van der Waals surface area contributed by atoms with E-state index in [0.717, 1.165) is 67.9 Å². The van der Waals surface area contributed by atoms with Crippen LogP contribution in [0.1, 0.15) is 169 Å². The Labute approximate surface area is 563 Å². The molecule has 5 aliphatic carbocycles. The standard InChI is InChI=1S/C68H96O29/c1-30(70)81-28-43-51(83-32(3)72)54(86-35(6)75)57(89-38(9)78)60(92-43)95-49-25-67(17)40(41-24-63(11,12)48-26-68(41,49)62(80)96-48)18-19-46-65(15)22-21-47(64(13,14)45(65)20-23-66(46,67)16)94-59-56(88-37(8)77)53(85-34(5)74)50(42(27-69)91-59)97-61-58(90-39(10)79)55(87-36(7)76)52(84-33(4)73)44(93-61)29-82-31(2)71/h18,41-61,69H,19-29H2,1-17H3/t41-,42+,43+,44+,45?,46?,47-,48-,49+,50+,51+,52+,53-,54-,55-,56+,57+,58+,59-,60-,61-,65-,66+,67+,68+/m0/s1. The molecule has 0 aromatic rings. The molecular formula is C68H96O29. The van der Waals surface area contributed by atoms with Gasteiger partial charge in [-0.1, -0.05) is 60.1 Å². The van der Waals surface area contributed by atoms with E-state index in [1.165, 1.54) is 6.92 Å². The fourth-order valence-corrected chi connectivity index (χ4v) is 18.5. The van der Waals surface area contributed by atoms with Gasteiger partial charge in [-0.15, -0.1) is 0 Å². The molecule has 97 heavy (non-hydrogen) atoms. The van der Waals surface area contributed by atoms with Crippen LogP contribution in [0.4, 0.5) is 0 Å². The Morgan fingerprint density at radius 2 is 0.876 bits per heavy atom. The van der Waals surface area contributed by atoms with Gasteiger partial charge in [0.1, 0.15) is 49.1 Å². The van der Waals surface area contributed by atoms with Crippen molar-refractivity contribution in [3.63, 3.8) is 0 Å². The third kappa shape index (κ3) is 14.4. The number of fused-ring (bicyclic) bond motifs is 7. The predicted molar refractivity (Wildman–Crippen MR) is 325 cm³/mol. The van der Waals surface area contributed by atoms with Crippen LogP contribution in [0.3, 0.4) is 0 Å². The number of hydrogen-bond donors (Lipinski definition) is 1. The summed E-state index contributed by atoms with van der Waals surface area (Å²) in [6, 6.07) is 0. The number of allylic oxidation sites excluding steroid dienone is 2. The maximum absolute atomic E-state index is 15.1. The highest BCUT2D eigenvalue weighted by Crippen LogP contribution is 2.77. The van der Waals surface area contributed by atoms with Crippen molar-refractivity contribution in [3.05, 3.63) is 11.6 Å². The topological polar surface area (TPSA) is 365 Å². The summed E-state index contributed by atoms with van der Waals surface area (Å²) in [6.45, 7) is 24.4. The number of ether oxygens (including phenoxy) is 17. The van der Waals surface area contributed by atoms with Crippen LogP contribution in [0, 0.1) is 50.2 Å². The molecule has 0 radical (unpaired) electrons. The summed E-state index contributed by atoms with van der Waals surface area (Å²) in [6.07, 6.45) is -19.4. The van der Waals surface area contributed by atoms with Crippen molar-refractivity contribution in [2.24, 2.45) is 50.2 Å². The SMILES string of the molecule is CC(=O)OC[C@H]1O[C@@H](O[C@H]2[C@H](OC(C)=O)[C@@H](OC(C)=O)[C@H](O[C@H]3CC[C@@]4(C)C(CC[C@]5(C)C4CC=C4[C@@H]6CC(C)(C)[C@@H]7C[C@]6(C(=O)O7)[C@H](O[C@@H]6O[C@H](COC(C)=O)[C@@H](OC(C)=O)[C@H](OC(C)=O)[C@H]6OC(C)=O)C[C@]45C)C3(C)C)O[C@@H]2CO)[C@H](OC(C)=O)[C@@H](OC(C)=O)[C@@H]1OC(C)=O. The number of hydrogen-bond acceptors (Lipinski definition) is 29. The van der Waals surface area contributed by atoms with Crippen molar-refractivity contribution >= 4 is 65.7 Å². The zero-order valence-corrected chi connectivity index (χ0v) is 58.4. The molecule has 9 aliphatic rings. The quantitative estimate of drug-likeness (QED) is 0.0782. The van der Waals surface area contributed by atoms with Crippen molar-refractivity contribution in [2.75, 3.05) is 19.8 Å². The van der Waals surface area contributed by atoms with E-state index in [2.05, 4.69) is 54.5 Å². The minimum Gasteiger partial charge on any atom is -0.463 e. The Kier molecular flexibility index (Phi) is 21.9. The van der Waals surface area contributed by atoms with E-state index in [1.807, 2.05) is 0 Å². The molecule has 542 valence electrons. The maximum atomic E-state index is 15.1. The minimum atomic E-state index is -1.85. The fourth-order valence-electron chi connectivity index (χ4n) is 18.5. The van der Waals surface area contributed by atoms with Gasteiger partial charge in [-0.25, -0.2) is 0 Å². The zero-order chi connectivity index (χ0) is 71.6. The molecule has 2 bridgehead atoms. The van der Waals surface area contributed by atoms with Crippen molar-refractivity contribution in [2.45, 2.75) is 279 Å². The van der Waals surface area contributed by atoms with Crippen LogP contribution in [0.15, 0.2) is 11.6 Å². The molecule has 0 aromatic carbocycles. The Morgan fingerprint density at radius 3 is 1.32 bits per heavy atom. The molecule has 2 unspecified atom stereocenters. The number of aliphatic hydroxyl groups is 1. The minimum absolute atomic E-state index is 0.0195. The molecule has 0 amide bonds. The molecule has 4 saturated carbocycles. The summed E-state index contributed by atoms with van der Waals surface area (Å²) < 4.78 is 104. The molecule has 9 rings (SSSR count). The normalized spacial score (nSPS) is 41.3. The molecule has 29 nitrogen and oxygen atoms in total. The smallest absolute Gasteiger partial charge is 0.315 e. The second-order valence-electron chi connectivity index (χ2n) is 29.6. The first-order chi connectivity index (χ1) is 45.2. The van der Waals surface area contributed by atoms with Crippen molar-refractivity contribution in [1.29, 1.82) is 0 Å². The van der Waals surface area contributed by atoms with Crippen LogP contribution < -0.4 is 0 Å². The molecule has 29 heteroatoms. The van der Waals surface area contributed by atoms with E-state index in [-0.39, 0.29) is 18.3 Å². The maximum Gasteiger partial charge on any atom is 0.315 e. The Morgan fingerprint density at radius 1 is 0.464 bits per heavy atom. The van der Waals surface area contributed by atoms with Gasteiger partial charge in [0.15, 0.2) is 67.7 Å².